The van der Waals surface area contributed by atoms with Crippen LogP contribution >= 0.6 is 22.6 Å². The second-order valence-corrected chi connectivity index (χ2v) is 6.86. The fourth-order valence-electron chi connectivity index (χ4n) is 2.26. The molecule has 0 amide bonds. The predicted octanol–water partition coefficient (Wildman–Crippen LogP) is 3.15. The van der Waals surface area contributed by atoms with Gasteiger partial charge in [0.05, 0.1) is 3.92 Å². The van der Waals surface area contributed by atoms with Crippen molar-refractivity contribution in [3.8, 4) is 5.75 Å². The van der Waals surface area contributed by atoms with E-state index in [1.807, 2.05) is 24.3 Å². The van der Waals surface area contributed by atoms with Crippen LogP contribution in [0.1, 0.15) is 5.56 Å². The van der Waals surface area contributed by atoms with E-state index in [0.717, 1.165) is 17.9 Å². The number of allylic oxidation sites excluding steroid dienone is 2. The number of hydrogen-bond donors (Lipinski definition) is 0. The van der Waals surface area contributed by atoms with Crippen LogP contribution in [0.5, 0.6) is 5.75 Å². The first-order valence-electron chi connectivity index (χ1n) is 7.50. The summed E-state index contributed by atoms with van der Waals surface area (Å²) in [4.78, 5) is 0. The third kappa shape index (κ3) is 5.44. The average Bonchev–Trinajstić information content (AvgIpc) is 2.56. The summed E-state index contributed by atoms with van der Waals surface area (Å²) in [7, 11) is 5.32. The first-order chi connectivity index (χ1) is 11.1. The molecule has 1 atom stereocenters. The van der Waals surface area contributed by atoms with E-state index in [1.54, 1.807) is 14.2 Å². The smallest absolute Gasteiger partial charge is 0.199 e. The third-order valence-corrected chi connectivity index (χ3v) is 4.43. The van der Waals surface area contributed by atoms with Crippen LogP contribution in [-0.2, 0) is 9.47 Å². The molecule has 0 bridgehead atoms. The second kappa shape index (κ2) is 9.20. The lowest BCUT2D eigenvalue weighted by atomic mass is 10.1. The highest BCUT2D eigenvalue weighted by molar-refractivity contribution is 14.1. The van der Waals surface area contributed by atoms with Gasteiger partial charge in [0.1, 0.15) is 19.4 Å². The molecule has 23 heavy (non-hydrogen) atoms. The van der Waals surface area contributed by atoms with E-state index in [9.17, 15) is 0 Å². The van der Waals surface area contributed by atoms with Crippen molar-refractivity contribution < 1.29 is 18.8 Å². The normalized spacial score (nSPS) is 18.2. The molecule has 0 saturated heterocycles. The molecule has 0 N–H and O–H groups in total. The van der Waals surface area contributed by atoms with Gasteiger partial charge in [0.15, 0.2) is 18.5 Å². The number of halogens is 1. The van der Waals surface area contributed by atoms with Gasteiger partial charge in [0.25, 0.3) is 0 Å². The first kappa shape index (κ1) is 18.2. The summed E-state index contributed by atoms with van der Waals surface area (Å²) in [6.07, 6.45) is 8.21. The summed E-state index contributed by atoms with van der Waals surface area (Å²) in [5, 5.41) is 0. The lowest BCUT2D eigenvalue weighted by molar-refractivity contribution is -0.494. The molecule has 0 fully saturated rings. The van der Waals surface area contributed by atoms with Gasteiger partial charge in [-0.25, -0.2) is 4.58 Å². The highest BCUT2D eigenvalue weighted by atomic mass is 127. The average molecular weight is 428 g/mol. The van der Waals surface area contributed by atoms with Crippen LogP contribution in [0.2, 0.25) is 0 Å². The van der Waals surface area contributed by atoms with Crippen molar-refractivity contribution >= 4 is 34.4 Å². The number of rotatable bonds is 7. The highest BCUT2D eigenvalue weighted by Crippen LogP contribution is 2.20. The fourth-order valence-corrected chi connectivity index (χ4v) is 3.05. The Labute approximate surface area is 151 Å². The van der Waals surface area contributed by atoms with Gasteiger partial charge in [-0.2, -0.15) is 0 Å². The van der Waals surface area contributed by atoms with Crippen molar-refractivity contribution in [3.63, 3.8) is 0 Å². The van der Waals surface area contributed by atoms with Crippen molar-refractivity contribution in [1.82, 2.24) is 0 Å². The maximum atomic E-state index is 5.82. The van der Waals surface area contributed by atoms with Crippen LogP contribution in [0.25, 0.3) is 6.08 Å². The van der Waals surface area contributed by atoms with Gasteiger partial charge in [-0.05, 0) is 12.1 Å². The molecule has 0 aromatic heterocycles. The summed E-state index contributed by atoms with van der Waals surface area (Å²) in [5.41, 5.74) is 2.23. The molecule has 1 heterocycles. The van der Waals surface area contributed by atoms with Gasteiger partial charge >= 0.3 is 0 Å². The maximum absolute atomic E-state index is 5.82. The van der Waals surface area contributed by atoms with Crippen LogP contribution in [0.15, 0.2) is 42.5 Å². The van der Waals surface area contributed by atoms with Gasteiger partial charge in [-0.15, -0.1) is 0 Å². The Morgan fingerprint density at radius 3 is 2.70 bits per heavy atom. The van der Waals surface area contributed by atoms with Crippen molar-refractivity contribution in [3.05, 3.63) is 48.1 Å². The first-order valence-corrected chi connectivity index (χ1v) is 8.74. The number of nitrogens with zero attached hydrogens (tertiary/aromatic N) is 1. The molecule has 1 aromatic carbocycles. The van der Waals surface area contributed by atoms with Crippen LogP contribution < -0.4 is 4.74 Å². The largest absolute Gasteiger partial charge is 0.488 e. The second-order valence-electron chi connectivity index (χ2n) is 5.26. The van der Waals surface area contributed by atoms with E-state index in [-0.39, 0.29) is 6.29 Å². The molecule has 0 aliphatic carbocycles. The zero-order chi connectivity index (χ0) is 16.7. The Bertz CT molecular complexity index is 606. The van der Waals surface area contributed by atoms with E-state index in [0.29, 0.717) is 10.5 Å². The van der Waals surface area contributed by atoms with Crippen LogP contribution in [0.4, 0.5) is 0 Å². The number of alkyl halides is 1. The number of hydrogen-bond acceptors (Lipinski definition) is 3. The summed E-state index contributed by atoms with van der Waals surface area (Å²) in [6.45, 7) is 1.38. The SMILES string of the molecule is COC(COc1ccccc1/C=C/C1=[N+](C)CC(I)C=C1)OC. The lowest BCUT2D eigenvalue weighted by Gasteiger charge is -2.15. The molecule has 124 valence electrons. The summed E-state index contributed by atoms with van der Waals surface area (Å²) in [6, 6.07) is 7.95. The summed E-state index contributed by atoms with van der Waals surface area (Å²) < 4.78 is 18.9. The highest BCUT2D eigenvalue weighted by Gasteiger charge is 2.15. The number of para-hydroxylation sites is 1. The topological polar surface area (TPSA) is 30.7 Å². The van der Waals surface area contributed by atoms with Crippen LogP contribution in [0, 0.1) is 0 Å². The van der Waals surface area contributed by atoms with Crippen LogP contribution in [-0.4, -0.2) is 54.9 Å². The number of benzene rings is 1. The van der Waals surface area contributed by atoms with Gasteiger partial charge in [-0.1, -0.05) is 46.9 Å². The molecular formula is C18H23INO3+. The van der Waals surface area contributed by atoms with Crippen LogP contribution in [0.3, 0.4) is 0 Å². The summed E-state index contributed by atoms with van der Waals surface area (Å²) in [5.74, 6) is 0.817. The minimum absolute atomic E-state index is 0.352. The molecular weight excluding hydrogens is 405 g/mol. The maximum Gasteiger partial charge on any atom is 0.199 e. The molecule has 1 aliphatic rings. The number of ether oxygens (including phenoxy) is 3. The minimum Gasteiger partial charge on any atom is -0.488 e. The van der Waals surface area contributed by atoms with Crippen molar-refractivity contribution in [1.29, 1.82) is 0 Å². The number of methoxy groups -OCH3 is 2. The van der Waals surface area contributed by atoms with Crippen molar-refractivity contribution in [2.24, 2.45) is 0 Å². The molecule has 0 saturated carbocycles. The van der Waals surface area contributed by atoms with Gasteiger partial charge in [0, 0.05) is 31.9 Å². The molecule has 0 spiro atoms. The zero-order valence-electron chi connectivity index (χ0n) is 13.7. The quantitative estimate of drug-likeness (QED) is 0.290. The standard InChI is InChI=1S/C18H23INO3/c1-20-12-15(19)9-11-16(20)10-8-14-6-4-5-7-17(14)23-13-18(21-2)22-3/h4-11,15,18H,12-13H2,1-3H3/q+1/b10-8+. The Kier molecular flexibility index (Phi) is 7.26. The Hall–Kier alpha value is -1.18. The van der Waals surface area contributed by atoms with E-state index in [4.69, 9.17) is 14.2 Å². The predicted molar refractivity (Wildman–Crippen MR) is 102 cm³/mol. The molecule has 1 unspecified atom stereocenters. The van der Waals surface area contributed by atoms with Crippen molar-refractivity contribution in [2.45, 2.75) is 10.2 Å². The van der Waals surface area contributed by atoms with E-state index in [2.05, 4.69) is 58.5 Å². The monoisotopic (exact) mass is 428 g/mol. The third-order valence-electron chi connectivity index (χ3n) is 3.62. The minimum atomic E-state index is -0.366. The van der Waals surface area contributed by atoms with Gasteiger partial charge in [0.2, 0.25) is 0 Å². The fraction of sp³-hybridized carbons (Fsp3) is 0.389. The van der Waals surface area contributed by atoms with Gasteiger partial charge < -0.3 is 14.2 Å². The van der Waals surface area contributed by atoms with Crippen molar-refractivity contribution in [2.75, 3.05) is 34.4 Å². The lowest BCUT2D eigenvalue weighted by Crippen LogP contribution is -2.24. The Morgan fingerprint density at radius 1 is 1.26 bits per heavy atom. The van der Waals surface area contributed by atoms with E-state index >= 15 is 0 Å². The molecule has 5 heteroatoms. The zero-order valence-corrected chi connectivity index (χ0v) is 15.9. The summed E-state index contributed by atoms with van der Waals surface area (Å²) >= 11 is 2.44. The molecule has 0 radical (unpaired) electrons. The molecule has 1 aliphatic heterocycles. The van der Waals surface area contributed by atoms with Gasteiger partial charge in [-0.3, -0.25) is 0 Å². The Morgan fingerprint density at radius 2 is 2.00 bits per heavy atom. The Balaban J connectivity index is 2.10. The molecule has 4 nitrogen and oxygen atoms in total. The van der Waals surface area contributed by atoms with E-state index in [1.165, 1.54) is 5.71 Å². The molecule has 1 aromatic rings. The molecule has 2 rings (SSSR count). The van der Waals surface area contributed by atoms with E-state index < -0.39 is 0 Å².